The molecule has 6 rings (SSSR count). The molecule has 20 nitrogen and oxygen atoms in total. The number of aliphatic hydroxyl groups is 3. The Labute approximate surface area is 366 Å². The number of phenolic OH excluding ortho intramolecular Hbond substituents is 2. The molecule has 4 aliphatic rings. The summed E-state index contributed by atoms with van der Waals surface area (Å²) in [5.41, 5.74) is -3.83. The molecule has 64 heavy (non-hydrogen) atoms. The number of Topliss-reactive ketones (excluding diaryl/α,β-unsaturated/α-hetero) is 2. The fourth-order valence-electron chi connectivity index (χ4n) is 9.13. The summed E-state index contributed by atoms with van der Waals surface area (Å²) in [6.07, 6.45) is -7.10. The van der Waals surface area contributed by atoms with Crippen molar-refractivity contribution in [1.29, 1.82) is 0 Å². The average Bonchev–Trinajstić information content (AvgIpc) is 3.76. The summed E-state index contributed by atoms with van der Waals surface area (Å²) < 4.78 is 17.7. The van der Waals surface area contributed by atoms with Gasteiger partial charge >= 0.3 is 5.97 Å². The van der Waals surface area contributed by atoms with E-state index in [1.54, 1.807) is 0 Å². The number of amides is 3. The quantitative estimate of drug-likeness (QED) is 0.0908. The van der Waals surface area contributed by atoms with E-state index >= 15 is 0 Å². The van der Waals surface area contributed by atoms with Gasteiger partial charge in [0.15, 0.2) is 17.9 Å². The van der Waals surface area contributed by atoms with E-state index in [-0.39, 0.29) is 60.2 Å². The second-order valence-corrected chi connectivity index (χ2v) is 16.7. The number of likely N-dealkylation sites (tertiary alicyclic amines) is 1. The highest BCUT2D eigenvalue weighted by atomic mass is 16.7. The number of nitrogens with one attached hydrogen (secondary N) is 2. The molecule has 0 spiro atoms. The summed E-state index contributed by atoms with van der Waals surface area (Å²) >= 11 is 0. The van der Waals surface area contributed by atoms with Crippen molar-refractivity contribution in [2.24, 2.45) is 5.92 Å². The monoisotopic (exact) mass is 895 g/mol. The van der Waals surface area contributed by atoms with Crippen molar-refractivity contribution in [2.45, 2.75) is 127 Å². The Hall–Kier alpha value is -5.80. The van der Waals surface area contributed by atoms with E-state index in [2.05, 4.69) is 10.6 Å². The molecule has 3 amide bonds. The first-order valence-corrected chi connectivity index (χ1v) is 21.1. The van der Waals surface area contributed by atoms with Crippen LogP contribution in [0.25, 0.3) is 0 Å². The van der Waals surface area contributed by atoms with Crippen LogP contribution < -0.4 is 15.4 Å². The van der Waals surface area contributed by atoms with Gasteiger partial charge in [0.25, 0.3) is 0 Å². The fourth-order valence-corrected chi connectivity index (χ4v) is 9.13. The number of hydrogen-bond donors (Lipinski definition) is 8. The van der Waals surface area contributed by atoms with Gasteiger partial charge in [0.2, 0.25) is 23.5 Å². The Kier molecular flexibility index (Phi) is 14.2. The Bertz CT molecular complexity index is 2260. The smallest absolute Gasteiger partial charge is 0.303 e. The first-order valence-electron chi connectivity index (χ1n) is 21.1. The molecule has 9 atom stereocenters. The Morgan fingerprint density at radius 2 is 1.73 bits per heavy atom. The van der Waals surface area contributed by atoms with Crippen LogP contribution in [0, 0.1) is 5.92 Å². The molecule has 0 aromatic heterocycles. The van der Waals surface area contributed by atoms with Crippen molar-refractivity contribution in [1.82, 2.24) is 15.5 Å². The maximum atomic E-state index is 14.0. The number of nitrogens with zero attached hydrogens (tertiary/aromatic N) is 1. The Morgan fingerprint density at radius 1 is 1.03 bits per heavy atom. The summed E-state index contributed by atoms with van der Waals surface area (Å²) in [7, 11) is 1.30. The zero-order valence-electron chi connectivity index (χ0n) is 35.8. The molecule has 2 aliphatic carbocycles. The number of methoxy groups -OCH3 is 1. The van der Waals surface area contributed by atoms with E-state index in [0.717, 1.165) is 0 Å². The van der Waals surface area contributed by atoms with E-state index in [9.17, 15) is 63.9 Å². The van der Waals surface area contributed by atoms with Gasteiger partial charge in [-0.05, 0) is 32.8 Å². The van der Waals surface area contributed by atoms with Gasteiger partial charge in [-0.2, -0.15) is 0 Å². The van der Waals surface area contributed by atoms with Gasteiger partial charge in [-0.25, -0.2) is 0 Å². The molecule has 0 saturated carbocycles. The van der Waals surface area contributed by atoms with Crippen LogP contribution in [-0.4, -0.2) is 145 Å². The van der Waals surface area contributed by atoms with Crippen LogP contribution in [-0.2, 0) is 44.7 Å². The third-order valence-electron chi connectivity index (χ3n) is 12.5. The summed E-state index contributed by atoms with van der Waals surface area (Å²) in [6.45, 7) is 3.78. The van der Waals surface area contributed by atoms with Crippen molar-refractivity contribution in [3.63, 3.8) is 0 Å². The molecule has 2 saturated heterocycles. The number of ether oxygens (including phenoxy) is 3. The van der Waals surface area contributed by atoms with Gasteiger partial charge in [0.05, 0.1) is 61.0 Å². The number of aliphatic hydroxyl groups excluding tert-OH is 2. The second kappa shape index (κ2) is 19.1. The number of carboxylic acid groups (broad SMARTS) is 1. The van der Waals surface area contributed by atoms with E-state index in [1.807, 2.05) is 0 Å². The van der Waals surface area contributed by atoms with Crippen molar-refractivity contribution < 1.29 is 83.2 Å². The van der Waals surface area contributed by atoms with Crippen molar-refractivity contribution in [3.05, 3.63) is 51.6 Å². The number of ketones is 4. The highest BCUT2D eigenvalue weighted by Crippen LogP contribution is 2.52. The summed E-state index contributed by atoms with van der Waals surface area (Å²) in [5, 5.41) is 70.4. The zero-order chi connectivity index (χ0) is 46.9. The number of carbonyl (C=O) groups excluding carboxylic acids is 7. The number of aliphatic carboxylic acids is 1. The molecule has 2 heterocycles. The summed E-state index contributed by atoms with van der Waals surface area (Å²) in [5.74, 6) is -8.79. The van der Waals surface area contributed by atoms with E-state index in [1.165, 1.54) is 51.0 Å². The lowest BCUT2D eigenvalue weighted by atomic mass is 9.71. The largest absolute Gasteiger partial charge is 0.507 e. The van der Waals surface area contributed by atoms with Gasteiger partial charge in [0, 0.05) is 61.8 Å². The molecule has 2 aliphatic heterocycles. The van der Waals surface area contributed by atoms with Crippen LogP contribution in [0.1, 0.15) is 121 Å². The lowest BCUT2D eigenvalue weighted by molar-refractivity contribution is -0.249. The van der Waals surface area contributed by atoms with Crippen molar-refractivity contribution >= 4 is 46.8 Å². The number of fused-ring (bicyclic) bond motifs is 3. The molecule has 2 aromatic carbocycles. The van der Waals surface area contributed by atoms with Crippen LogP contribution >= 0.6 is 0 Å². The Balaban J connectivity index is 1.21. The minimum absolute atomic E-state index is 0.0460. The van der Waals surface area contributed by atoms with Gasteiger partial charge in [-0.15, -0.1) is 0 Å². The third kappa shape index (κ3) is 9.10. The number of benzene rings is 2. The molecule has 346 valence electrons. The van der Waals surface area contributed by atoms with Crippen LogP contribution in [0.3, 0.4) is 0 Å². The van der Waals surface area contributed by atoms with Crippen molar-refractivity contribution in [2.75, 3.05) is 20.3 Å². The second-order valence-electron chi connectivity index (χ2n) is 16.7. The molecule has 2 fully saturated rings. The lowest BCUT2D eigenvalue weighted by Crippen LogP contribution is -2.59. The predicted octanol–water partition coefficient (Wildman–Crippen LogP) is 0.505. The summed E-state index contributed by atoms with van der Waals surface area (Å²) in [4.78, 5) is 106. The Morgan fingerprint density at radius 3 is 2.39 bits per heavy atom. The number of phenols is 2. The van der Waals surface area contributed by atoms with Gasteiger partial charge < -0.3 is 60.4 Å². The average molecular weight is 896 g/mol. The standard InChI is InChI=1S/C44H53N3O17/c1-5-29(50)44(61)16-24-33(40(57)35-34(38(24)55)37(54)23-8-6-10-27(62-4)32(23)39(35)56)28(17-44)64-31-15-25(36(53)20(3)63-31)46-42(59)26-9-7-13-47(26)43(60)19(2)45-41(58)21(18-48)14-22(49)11-12-30(51)52/h6,8,10,19-21,25-26,28,31,36,48,53,55,57,61H,5,7,9,11-18H2,1-4H3,(H,45,58)(H,46,59)(H,51,52)/t19-,20?,21+,25?,26+,28+,31?,36?,44+/m1/s1. The fraction of sp³-hybridized carbons (Fsp3) is 0.545. The molecule has 4 unspecified atom stereocenters. The van der Waals surface area contributed by atoms with Crippen LogP contribution in [0.2, 0.25) is 0 Å². The number of carbonyl (C=O) groups is 8. The molecular weight excluding hydrogens is 842 g/mol. The van der Waals surface area contributed by atoms with Gasteiger partial charge in [-0.1, -0.05) is 19.1 Å². The van der Waals surface area contributed by atoms with Crippen LogP contribution in [0.15, 0.2) is 18.2 Å². The van der Waals surface area contributed by atoms with E-state index in [4.69, 9.17) is 19.3 Å². The normalized spacial score (nSPS) is 25.9. The molecule has 20 heteroatoms. The van der Waals surface area contributed by atoms with Gasteiger partial charge in [0.1, 0.15) is 46.8 Å². The molecular formula is C44H53N3O17. The maximum absolute atomic E-state index is 14.0. The number of aromatic hydroxyl groups is 2. The molecule has 2 aromatic rings. The number of hydrogen-bond acceptors (Lipinski definition) is 16. The van der Waals surface area contributed by atoms with Crippen LogP contribution in [0.5, 0.6) is 17.2 Å². The highest BCUT2D eigenvalue weighted by Gasteiger charge is 2.50. The van der Waals surface area contributed by atoms with E-state index < -0.39 is 156 Å². The number of carboxylic acids is 1. The SMILES string of the molecule is CCC(=O)[C@]1(O)Cc2c(O)c3c(c(O)c2[C@@H](OC2CC(NC(=O)[C@@H]4CCCN4C(=O)[C@@H](C)NC(=O)[C@H](CO)CC(=O)CCC(=O)O)C(O)C(C)O2)C1)C(=O)c1c(OC)cccc1C3=O. The minimum Gasteiger partial charge on any atom is -0.507 e. The van der Waals surface area contributed by atoms with Crippen LogP contribution in [0.4, 0.5) is 0 Å². The highest BCUT2D eigenvalue weighted by molar-refractivity contribution is 6.31. The maximum Gasteiger partial charge on any atom is 0.303 e. The van der Waals surface area contributed by atoms with Gasteiger partial charge in [-0.3, -0.25) is 38.4 Å². The first kappa shape index (κ1) is 47.7. The van der Waals surface area contributed by atoms with Crippen molar-refractivity contribution in [3.8, 4) is 17.2 Å². The lowest BCUT2D eigenvalue weighted by Gasteiger charge is -2.43. The van der Waals surface area contributed by atoms with E-state index in [0.29, 0.717) is 6.42 Å². The predicted molar refractivity (Wildman–Crippen MR) is 218 cm³/mol. The minimum atomic E-state index is -2.17. The summed E-state index contributed by atoms with van der Waals surface area (Å²) in [6, 6.07) is 0.988. The topological polar surface area (TPSA) is 313 Å². The molecule has 8 N–H and O–H groups in total. The first-order chi connectivity index (χ1) is 30.3. The molecule has 0 bridgehead atoms. The molecule has 0 radical (unpaired) electrons. The zero-order valence-corrected chi connectivity index (χ0v) is 35.8. The third-order valence-corrected chi connectivity index (χ3v) is 12.5. The number of rotatable bonds is 16.